The molecule has 0 bridgehead atoms. The molecule has 3 aliphatic carbocycles. The number of aromatic nitrogens is 9. The van der Waals surface area contributed by atoms with Crippen LogP contribution < -0.4 is 0 Å². The first-order valence-corrected chi connectivity index (χ1v) is 44.8. The maximum absolute atomic E-state index is 6.74. The number of hydrogen-bond acceptors (Lipinski definition) is 12. The Labute approximate surface area is 762 Å². The molecule has 0 radical (unpaired) electrons. The van der Waals surface area contributed by atoms with Crippen molar-refractivity contribution in [2.45, 2.75) is 57.8 Å². The molecule has 0 N–H and O–H groups in total. The molecule has 0 spiro atoms. The van der Waals surface area contributed by atoms with Crippen molar-refractivity contribution >= 4 is 65.8 Å². The van der Waals surface area contributed by atoms with Gasteiger partial charge in [0.05, 0.1) is 0 Å². The fraction of sp³-hybridized carbons (Fsp3) is 0.0750. The molecule has 0 atom stereocenters. The van der Waals surface area contributed by atoms with Crippen molar-refractivity contribution in [1.29, 1.82) is 0 Å². The van der Waals surface area contributed by atoms with E-state index in [1.54, 1.807) is 0 Å². The average molecular weight is 1700 g/mol. The second kappa shape index (κ2) is 31.3. The summed E-state index contributed by atoms with van der Waals surface area (Å²) in [5.41, 5.74) is 33.4. The van der Waals surface area contributed by atoms with Crippen molar-refractivity contribution < 1.29 is 13.3 Å². The van der Waals surface area contributed by atoms with Gasteiger partial charge in [0.1, 0.15) is 33.5 Å². The Balaban J connectivity index is 0.000000110. The van der Waals surface area contributed by atoms with Gasteiger partial charge in [-0.15, -0.1) is 0 Å². The Morgan fingerprint density at radius 2 is 0.477 bits per heavy atom. The first-order valence-electron chi connectivity index (χ1n) is 44.8. The minimum atomic E-state index is -0.162. The lowest BCUT2D eigenvalue weighted by atomic mass is 9.81. The summed E-state index contributed by atoms with van der Waals surface area (Å²) >= 11 is 0. The highest BCUT2D eigenvalue weighted by molar-refractivity contribution is 6.16. The summed E-state index contributed by atoms with van der Waals surface area (Å²) in [5, 5.41) is 6.68. The van der Waals surface area contributed by atoms with Crippen LogP contribution in [0.4, 0.5) is 0 Å². The summed E-state index contributed by atoms with van der Waals surface area (Å²) in [6.07, 6.45) is 0. The van der Waals surface area contributed by atoms with Gasteiger partial charge in [0.25, 0.3) is 0 Å². The van der Waals surface area contributed by atoms with Gasteiger partial charge in [-0.05, 0) is 150 Å². The Kier molecular flexibility index (Phi) is 18.6. The van der Waals surface area contributed by atoms with Crippen LogP contribution in [-0.2, 0) is 16.2 Å². The monoisotopic (exact) mass is 1700 g/mol. The molecule has 0 fully saturated rings. The fourth-order valence-corrected chi connectivity index (χ4v) is 20.2. The number of nitrogens with zero attached hydrogens (tertiary/aromatic N) is 9. The predicted octanol–water partition coefficient (Wildman–Crippen LogP) is 30.6. The van der Waals surface area contributed by atoms with Crippen LogP contribution in [0.1, 0.15) is 74.9 Å². The standard InChI is InChI=1S/2C42H29N3O.C36H25N3O/c1-42(2)34-21-10-9-19-31(34)32-23-24-33-36-30(20-12-22-35(36)46-38(33)37(32)42)28-17-11-18-29(25-28)41-44-39(26-13-5-3-6-14-26)43-40(45-41)27-15-7-4-8-16-27;1-42(2)35-20-12-11-18-30(35)33-25-38-34(24-36(33)42)31-22-21-28(23-37(31)46-38)40-43-39(27-15-7-4-8-16-27)44-41(45-40)32-19-10-9-17-29(32)26-13-5-3-6-14-26;1-36(2)29-16-10-9-15-25(29)27-21-32-28(20-30(27)36)26-18-17-24(19-31(26)40-32)35-38-33(22-11-5-3-6-12-22)37-34(39-35)23-13-7-4-8-14-23/h2*3-25H,1-2H3;3-21H,1-2H3. The largest absolute Gasteiger partial charge is 0.456 e. The van der Waals surface area contributed by atoms with E-state index in [9.17, 15) is 0 Å². The van der Waals surface area contributed by atoms with E-state index in [1.165, 1.54) is 66.8 Å². The van der Waals surface area contributed by atoms with Crippen molar-refractivity contribution in [3.05, 3.63) is 428 Å². The van der Waals surface area contributed by atoms with Gasteiger partial charge in [-0.2, -0.15) is 0 Å². The van der Waals surface area contributed by atoms with Gasteiger partial charge in [-0.1, -0.05) is 369 Å². The van der Waals surface area contributed by atoms with Crippen molar-refractivity contribution in [3.63, 3.8) is 0 Å². The molecular weight excluding hydrogens is 1620 g/mol. The average Bonchev–Trinajstić information content (AvgIpc) is 1.56. The lowest BCUT2D eigenvalue weighted by Crippen LogP contribution is -2.15. The number of furan rings is 3. The van der Waals surface area contributed by atoms with Crippen LogP contribution in [-0.4, -0.2) is 44.9 Å². The van der Waals surface area contributed by atoms with Crippen LogP contribution in [0.5, 0.6) is 0 Å². The second-order valence-electron chi connectivity index (χ2n) is 35.8. The van der Waals surface area contributed by atoms with Crippen molar-refractivity contribution in [2.24, 2.45) is 0 Å². The molecule has 0 saturated heterocycles. The fourth-order valence-electron chi connectivity index (χ4n) is 20.2. The highest BCUT2D eigenvalue weighted by Gasteiger charge is 2.41. The first kappa shape index (κ1) is 78.6. The molecule has 6 aromatic heterocycles. The highest BCUT2D eigenvalue weighted by atomic mass is 16.3. The summed E-state index contributed by atoms with van der Waals surface area (Å²) < 4.78 is 19.8. The summed E-state index contributed by atoms with van der Waals surface area (Å²) in [6, 6.07) is 136. The zero-order valence-corrected chi connectivity index (χ0v) is 73.3. The van der Waals surface area contributed by atoms with Crippen molar-refractivity contribution in [3.8, 4) is 158 Å². The third kappa shape index (κ3) is 13.4. The maximum Gasteiger partial charge on any atom is 0.164 e. The number of hydrogen-bond donors (Lipinski definition) is 0. The predicted molar refractivity (Wildman–Crippen MR) is 534 cm³/mol. The van der Waals surface area contributed by atoms with Crippen molar-refractivity contribution in [1.82, 2.24) is 44.9 Å². The van der Waals surface area contributed by atoms with Gasteiger partial charge in [0, 0.05) is 104 Å². The van der Waals surface area contributed by atoms with Gasteiger partial charge >= 0.3 is 0 Å². The number of benzene rings is 17. The lowest BCUT2D eigenvalue weighted by molar-refractivity contribution is 0.620. The van der Waals surface area contributed by atoms with E-state index >= 15 is 0 Å². The zero-order chi connectivity index (χ0) is 88.5. The summed E-state index contributed by atoms with van der Waals surface area (Å²) in [4.78, 5) is 44.5. The summed E-state index contributed by atoms with van der Waals surface area (Å²) in [7, 11) is 0. The van der Waals surface area contributed by atoms with E-state index < -0.39 is 0 Å². The molecule has 6 heterocycles. The Bertz CT molecular complexity index is 8420. The molecule has 626 valence electrons. The zero-order valence-electron chi connectivity index (χ0n) is 73.3. The van der Waals surface area contributed by atoms with Crippen LogP contribution in [0.25, 0.3) is 224 Å². The Hall–Kier alpha value is -16.8. The van der Waals surface area contributed by atoms with E-state index in [0.29, 0.717) is 52.4 Å². The molecule has 0 saturated carbocycles. The maximum atomic E-state index is 6.74. The van der Waals surface area contributed by atoms with E-state index in [0.717, 1.165) is 138 Å². The van der Waals surface area contributed by atoms with Gasteiger partial charge < -0.3 is 13.3 Å². The van der Waals surface area contributed by atoms with Gasteiger partial charge in [0.15, 0.2) is 52.4 Å². The van der Waals surface area contributed by atoms with Crippen LogP contribution in [0, 0.1) is 0 Å². The normalized spacial score (nSPS) is 13.3. The summed E-state index contributed by atoms with van der Waals surface area (Å²) in [5.74, 6) is 5.70. The lowest BCUT2D eigenvalue weighted by Gasteiger charge is -2.21. The minimum Gasteiger partial charge on any atom is -0.456 e. The van der Waals surface area contributed by atoms with Crippen LogP contribution in [0.15, 0.2) is 408 Å². The molecular formula is C120H83N9O3. The van der Waals surface area contributed by atoms with Gasteiger partial charge in [0.2, 0.25) is 0 Å². The van der Waals surface area contributed by atoms with E-state index in [1.807, 2.05) is 164 Å². The van der Waals surface area contributed by atoms with Gasteiger partial charge in [-0.25, -0.2) is 44.9 Å². The van der Waals surface area contributed by atoms with E-state index in [-0.39, 0.29) is 16.2 Å². The molecule has 132 heavy (non-hydrogen) atoms. The molecule has 17 aromatic carbocycles. The van der Waals surface area contributed by atoms with E-state index in [2.05, 4.69) is 272 Å². The third-order valence-electron chi connectivity index (χ3n) is 26.8. The second-order valence-corrected chi connectivity index (χ2v) is 35.8. The Morgan fingerprint density at radius 3 is 0.909 bits per heavy atom. The number of fused-ring (bicyclic) bond motifs is 19. The molecule has 0 unspecified atom stereocenters. The molecule has 23 aromatic rings. The van der Waals surface area contributed by atoms with Crippen molar-refractivity contribution in [2.75, 3.05) is 0 Å². The van der Waals surface area contributed by atoms with E-state index in [4.69, 9.17) is 58.1 Å². The van der Waals surface area contributed by atoms with Gasteiger partial charge in [-0.3, -0.25) is 0 Å². The Morgan fingerprint density at radius 1 is 0.167 bits per heavy atom. The third-order valence-corrected chi connectivity index (χ3v) is 26.8. The molecule has 26 rings (SSSR count). The molecule has 12 nitrogen and oxygen atoms in total. The molecule has 12 heteroatoms. The van der Waals surface area contributed by atoms with Crippen LogP contribution >= 0.6 is 0 Å². The number of rotatable bonds is 11. The SMILES string of the molecule is CC1(C)c2ccccc2-c2cc3oc4cc(-c5nc(-c6ccccc6)nc(-c6ccccc6)n5)ccc4c3cc21.CC1(C)c2ccccc2-c2cc3oc4cc(-c5nc(-c6ccccc6)nc(-c6ccccc6-c6ccccc6)n5)ccc4c3cc21.CC1(C)c2ccccc2-c2ccc3c(oc4cccc(-c5cccc(-c6nc(-c7ccccc7)nc(-c7ccccc7)n6)c5)c43)c21. The highest BCUT2D eigenvalue weighted by Crippen LogP contribution is 2.56. The summed E-state index contributed by atoms with van der Waals surface area (Å²) in [6.45, 7) is 13.8. The quantitative estimate of drug-likeness (QED) is 0.121. The van der Waals surface area contributed by atoms with Crippen LogP contribution in [0.3, 0.4) is 0 Å². The smallest absolute Gasteiger partial charge is 0.164 e. The topological polar surface area (TPSA) is 155 Å². The van der Waals surface area contributed by atoms with Crippen LogP contribution in [0.2, 0.25) is 0 Å². The molecule has 0 aliphatic heterocycles. The molecule has 0 amide bonds. The first-order chi connectivity index (χ1) is 64.7. The minimum absolute atomic E-state index is 0.0593. The molecule has 3 aliphatic rings.